The van der Waals surface area contributed by atoms with E-state index in [-0.39, 0.29) is 0 Å². The fourth-order valence-electron chi connectivity index (χ4n) is 5.77. The van der Waals surface area contributed by atoms with Crippen LogP contribution in [0.15, 0.2) is 18.3 Å². The van der Waals surface area contributed by atoms with Gasteiger partial charge in [0.1, 0.15) is 5.75 Å². The number of hydrogen-bond donors (Lipinski definition) is 0. The number of piperidine rings is 1. The number of nitrogens with zero attached hydrogens (tertiary/aromatic N) is 4. The second kappa shape index (κ2) is 7.84. The normalized spacial score (nSPS) is 26.0. The Morgan fingerprint density at radius 1 is 1.13 bits per heavy atom. The summed E-state index contributed by atoms with van der Waals surface area (Å²) in [6.45, 7) is 9.86. The molecule has 2 aromatic rings. The maximum Gasteiger partial charge on any atom is 0.225 e. The Balaban J connectivity index is 1.39. The smallest absolute Gasteiger partial charge is 0.225 e. The van der Waals surface area contributed by atoms with Crippen molar-refractivity contribution in [1.82, 2.24) is 14.9 Å². The Kier molecular flexibility index (Phi) is 5.18. The molecule has 5 rings (SSSR count). The first-order valence-electron chi connectivity index (χ1n) is 11.5. The van der Waals surface area contributed by atoms with Gasteiger partial charge >= 0.3 is 0 Å². The lowest BCUT2D eigenvalue weighted by molar-refractivity contribution is 0.166. The highest BCUT2D eigenvalue weighted by Gasteiger charge is 2.41. The van der Waals surface area contributed by atoms with Gasteiger partial charge in [0.05, 0.1) is 12.8 Å². The minimum atomic E-state index is 0.454. The second-order valence-electron chi connectivity index (χ2n) is 9.64. The van der Waals surface area contributed by atoms with E-state index in [1.54, 1.807) is 7.11 Å². The van der Waals surface area contributed by atoms with Gasteiger partial charge in [-0.15, -0.1) is 0 Å². The van der Waals surface area contributed by atoms with Crippen LogP contribution in [-0.4, -0.2) is 41.1 Å². The number of methoxy groups -OCH3 is 1. The molecule has 0 radical (unpaired) electrons. The first-order valence-corrected chi connectivity index (χ1v) is 11.5. The lowest BCUT2D eigenvalue weighted by Crippen LogP contribution is -2.39. The SMILES string of the molecule is COc1cc(C)c(CN2C3CCC2c2cnc(N4CCCC(C)C4)nc2C3)cc1C. The molecule has 0 N–H and O–H groups in total. The molecular weight excluding hydrogens is 372 g/mol. The fraction of sp³-hybridized carbons (Fsp3) is 0.600. The van der Waals surface area contributed by atoms with E-state index in [0.717, 1.165) is 43.7 Å². The predicted octanol–water partition coefficient (Wildman–Crippen LogP) is 4.60. The number of aryl methyl sites for hydroxylation is 2. The maximum absolute atomic E-state index is 5.51. The first kappa shape index (κ1) is 19.8. The molecule has 2 bridgehead atoms. The van der Waals surface area contributed by atoms with Crippen LogP contribution in [0.25, 0.3) is 0 Å². The standard InChI is InChI=1S/C25H34N4O/c1-16-6-5-9-28(14-16)25-26-13-21-22(27-25)12-20-7-8-23(21)29(20)15-19-10-18(3)24(30-4)11-17(19)2/h10-11,13,16,20,23H,5-9,12,14-15H2,1-4H3. The van der Waals surface area contributed by atoms with Crippen molar-refractivity contribution in [2.75, 3.05) is 25.1 Å². The van der Waals surface area contributed by atoms with Gasteiger partial charge in [0, 0.05) is 49.9 Å². The zero-order valence-electron chi connectivity index (χ0n) is 18.8. The van der Waals surface area contributed by atoms with Gasteiger partial charge in [0.15, 0.2) is 0 Å². The molecule has 5 heteroatoms. The molecule has 3 aliphatic heterocycles. The van der Waals surface area contributed by atoms with E-state index in [1.165, 1.54) is 53.6 Å². The Morgan fingerprint density at radius 2 is 2.00 bits per heavy atom. The molecule has 30 heavy (non-hydrogen) atoms. The molecule has 160 valence electrons. The summed E-state index contributed by atoms with van der Waals surface area (Å²) >= 11 is 0. The number of hydrogen-bond acceptors (Lipinski definition) is 5. The molecule has 0 amide bonds. The summed E-state index contributed by atoms with van der Waals surface area (Å²) in [6.07, 6.45) is 8.24. The van der Waals surface area contributed by atoms with Gasteiger partial charge in [-0.2, -0.15) is 0 Å². The Hall–Kier alpha value is -2.14. The van der Waals surface area contributed by atoms with E-state index in [0.29, 0.717) is 12.1 Å². The largest absolute Gasteiger partial charge is 0.496 e. The van der Waals surface area contributed by atoms with Crippen molar-refractivity contribution in [3.8, 4) is 5.75 Å². The lowest BCUT2D eigenvalue weighted by Gasteiger charge is -2.37. The van der Waals surface area contributed by atoms with E-state index in [1.807, 2.05) is 0 Å². The maximum atomic E-state index is 5.51. The third kappa shape index (κ3) is 3.47. The van der Waals surface area contributed by atoms with Crippen LogP contribution in [0.3, 0.4) is 0 Å². The monoisotopic (exact) mass is 406 g/mol. The van der Waals surface area contributed by atoms with Crippen molar-refractivity contribution < 1.29 is 4.74 Å². The number of anilines is 1. The molecular formula is C25H34N4O. The van der Waals surface area contributed by atoms with Crippen LogP contribution in [0.2, 0.25) is 0 Å². The molecule has 5 nitrogen and oxygen atoms in total. The van der Waals surface area contributed by atoms with Crippen LogP contribution in [0.5, 0.6) is 5.75 Å². The van der Waals surface area contributed by atoms with E-state index in [9.17, 15) is 0 Å². The van der Waals surface area contributed by atoms with Gasteiger partial charge in [0.25, 0.3) is 0 Å². The average Bonchev–Trinajstić information content (AvgIpc) is 3.01. The van der Waals surface area contributed by atoms with Crippen molar-refractivity contribution in [3.63, 3.8) is 0 Å². The third-order valence-corrected chi connectivity index (χ3v) is 7.46. The van der Waals surface area contributed by atoms with Crippen molar-refractivity contribution in [2.24, 2.45) is 5.92 Å². The summed E-state index contributed by atoms with van der Waals surface area (Å²) in [4.78, 5) is 15.0. The zero-order chi connectivity index (χ0) is 20.8. The topological polar surface area (TPSA) is 41.5 Å². The van der Waals surface area contributed by atoms with Crippen molar-refractivity contribution in [2.45, 2.75) is 71.5 Å². The number of fused-ring (bicyclic) bond motifs is 4. The first-order chi connectivity index (χ1) is 14.5. The van der Waals surface area contributed by atoms with E-state index in [2.05, 4.69) is 48.9 Å². The summed E-state index contributed by atoms with van der Waals surface area (Å²) in [7, 11) is 1.75. The molecule has 3 atom stereocenters. The Morgan fingerprint density at radius 3 is 2.80 bits per heavy atom. The number of rotatable bonds is 4. The zero-order valence-corrected chi connectivity index (χ0v) is 18.8. The van der Waals surface area contributed by atoms with Crippen LogP contribution in [0.1, 0.15) is 66.6 Å². The minimum absolute atomic E-state index is 0.454. The second-order valence-corrected chi connectivity index (χ2v) is 9.64. The predicted molar refractivity (Wildman–Crippen MR) is 120 cm³/mol. The summed E-state index contributed by atoms with van der Waals surface area (Å²) in [6, 6.07) is 5.53. The molecule has 3 aliphatic rings. The fourth-order valence-corrected chi connectivity index (χ4v) is 5.77. The van der Waals surface area contributed by atoms with Crippen LogP contribution in [0.4, 0.5) is 5.95 Å². The van der Waals surface area contributed by atoms with E-state index >= 15 is 0 Å². The molecule has 0 saturated carbocycles. The van der Waals surface area contributed by atoms with Gasteiger partial charge < -0.3 is 9.64 Å². The molecule has 1 aromatic heterocycles. The molecule has 2 saturated heterocycles. The number of ether oxygens (including phenoxy) is 1. The molecule has 0 aliphatic carbocycles. The highest BCUT2D eigenvalue weighted by atomic mass is 16.5. The molecule has 4 heterocycles. The Bertz CT molecular complexity index is 943. The quantitative estimate of drug-likeness (QED) is 0.742. The van der Waals surface area contributed by atoms with Crippen molar-refractivity contribution >= 4 is 5.95 Å². The van der Waals surface area contributed by atoms with Crippen molar-refractivity contribution in [3.05, 3.63) is 46.3 Å². The Labute approximate surface area is 180 Å². The summed E-state index contributed by atoms with van der Waals surface area (Å²) in [5.74, 6) is 2.67. The summed E-state index contributed by atoms with van der Waals surface area (Å²) < 4.78 is 5.51. The number of aromatic nitrogens is 2. The van der Waals surface area contributed by atoms with Gasteiger partial charge in [-0.3, -0.25) is 4.90 Å². The summed E-state index contributed by atoms with van der Waals surface area (Å²) in [5, 5.41) is 0. The van der Waals surface area contributed by atoms with Gasteiger partial charge in [-0.05, 0) is 68.2 Å². The van der Waals surface area contributed by atoms with Crippen LogP contribution < -0.4 is 9.64 Å². The molecule has 2 fully saturated rings. The van der Waals surface area contributed by atoms with Gasteiger partial charge in [0.2, 0.25) is 5.95 Å². The van der Waals surface area contributed by atoms with E-state index in [4.69, 9.17) is 14.7 Å². The van der Waals surface area contributed by atoms with Gasteiger partial charge in [-0.25, -0.2) is 9.97 Å². The van der Waals surface area contributed by atoms with Crippen molar-refractivity contribution in [1.29, 1.82) is 0 Å². The minimum Gasteiger partial charge on any atom is -0.496 e. The van der Waals surface area contributed by atoms with Gasteiger partial charge in [-0.1, -0.05) is 13.0 Å². The highest BCUT2D eigenvalue weighted by molar-refractivity contribution is 5.42. The lowest BCUT2D eigenvalue weighted by atomic mass is 9.97. The average molecular weight is 407 g/mol. The molecule has 0 spiro atoms. The molecule has 3 unspecified atom stereocenters. The van der Waals surface area contributed by atoms with E-state index < -0.39 is 0 Å². The van der Waals surface area contributed by atoms with Crippen LogP contribution in [-0.2, 0) is 13.0 Å². The number of benzene rings is 1. The van der Waals surface area contributed by atoms with Crippen LogP contribution in [0, 0.1) is 19.8 Å². The highest BCUT2D eigenvalue weighted by Crippen LogP contribution is 2.44. The third-order valence-electron chi connectivity index (χ3n) is 7.46. The summed E-state index contributed by atoms with van der Waals surface area (Å²) in [5.41, 5.74) is 6.60. The van der Waals surface area contributed by atoms with Crippen LogP contribution >= 0.6 is 0 Å². The molecule has 1 aromatic carbocycles.